The van der Waals surface area contributed by atoms with Crippen LogP contribution in [0.25, 0.3) is 0 Å². The number of hydrogen-bond donors (Lipinski definition) is 0. The summed E-state index contributed by atoms with van der Waals surface area (Å²) in [7, 11) is 3.71. The van der Waals surface area contributed by atoms with Crippen LogP contribution in [0.2, 0.25) is 0 Å². The number of nitrogens with zero attached hydrogens (tertiary/aromatic N) is 2. The Morgan fingerprint density at radius 2 is 1.76 bits per heavy atom. The Balaban J connectivity index is 2.47. The SMILES string of the molecule is CCCCN(C)C(=O)N(C)Cc1ccccc1. The van der Waals surface area contributed by atoms with Crippen LogP contribution in [0.4, 0.5) is 4.79 Å². The molecule has 94 valence electrons. The Kier molecular flexibility index (Phi) is 5.53. The molecule has 3 nitrogen and oxygen atoms in total. The molecule has 0 unspecified atom stereocenters. The summed E-state index contributed by atoms with van der Waals surface area (Å²) >= 11 is 0. The van der Waals surface area contributed by atoms with Crippen LogP contribution >= 0.6 is 0 Å². The Labute approximate surface area is 104 Å². The third-order valence-electron chi connectivity index (χ3n) is 2.76. The van der Waals surface area contributed by atoms with Crippen molar-refractivity contribution in [1.82, 2.24) is 9.80 Å². The molecule has 1 aromatic carbocycles. The average molecular weight is 234 g/mol. The van der Waals surface area contributed by atoms with Gasteiger partial charge in [0.2, 0.25) is 0 Å². The van der Waals surface area contributed by atoms with Crippen LogP contribution in [0.15, 0.2) is 30.3 Å². The van der Waals surface area contributed by atoms with Crippen molar-refractivity contribution >= 4 is 6.03 Å². The third-order valence-corrected chi connectivity index (χ3v) is 2.76. The van der Waals surface area contributed by atoms with Crippen molar-refractivity contribution in [2.24, 2.45) is 0 Å². The summed E-state index contributed by atoms with van der Waals surface area (Å²) in [4.78, 5) is 15.5. The predicted molar refractivity (Wildman–Crippen MR) is 70.8 cm³/mol. The van der Waals surface area contributed by atoms with E-state index in [4.69, 9.17) is 0 Å². The highest BCUT2D eigenvalue weighted by atomic mass is 16.2. The zero-order valence-corrected chi connectivity index (χ0v) is 11.0. The number of carbonyl (C=O) groups is 1. The number of hydrogen-bond acceptors (Lipinski definition) is 1. The maximum Gasteiger partial charge on any atom is 0.319 e. The third kappa shape index (κ3) is 4.47. The molecule has 2 amide bonds. The molecule has 0 aliphatic carbocycles. The number of carbonyl (C=O) groups excluding carboxylic acids is 1. The van der Waals surface area contributed by atoms with Crippen LogP contribution in [-0.2, 0) is 6.54 Å². The van der Waals surface area contributed by atoms with Gasteiger partial charge < -0.3 is 9.80 Å². The molecular weight excluding hydrogens is 212 g/mol. The lowest BCUT2D eigenvalue weighted by Crippen LogP contribution is -2.38. The summed E-state index contributed by atoms with van der Waals surface area (Å²) in [6.45, 7) is 3.62. The van der Waals surface area contributed by atoms with E-state index in [9.17, 15) is 4.79 Å². The molecule has 0 radical (unpaired) electrons. The van der Waals surface area contributed by atoms with E-state index >= 15 is 0 Å². The van der Waals surface area contributed by atoms with Crippen molar-refractivity contribution in [2.45, 2.75) is 26.3 Å². The first kappa shape index (κ1) is 13.6. The lowest BCUT2D eigenvalue weighted by Gasteiger charge is -2.24. The standard InChI is InChI=1S/C14H22N2O/c1-4-5-11-15(2)14(17)16(3)12-13-9-7-6-8-10-13/h6-10H,4-5,11-12H2,1-3H3. The monoisotopic (exact) mass is 234 g/mol. The molecule has 0 aliphatic heterocycles. The summed E-state index contributed by atoms with van der Waals surface area (Å²) in [6.07, 6.45) is 2.17. The van der Waals surface area contributed by atoms with Crippen molar-refractivity contribution < 1.29 is 4.79 Å². The lowest BCUT2D eigenvalue weighted by atomic mass is 10.2. The zero-order valence-electron chi connectivity index (χ0n) is 11.0. The molecule has 3 heteroatoms. The van der Waals surface area contributed by atoms with E-state index in [1.165, 1.54) is 0 Å². The number of unbranched alkanes of at least 4 members (excludes halogenated alkanes) is 1. The van der Waals surface area contributed by atoms with Crippen LogP contribution in [0.5, 0.6) is 0 Å². The number of amides is 2. The van der Waals surface area contributed by atoms with Crippen LogP contribution in [0.1, 0.15) is 25.3 Å². The number of urea groups is 1. The van der Waals surface area contributed by atoms with Gasteiger partial charge in [-0.2, -0.15) is 0 Å². The fraction of sp³-hybridized carbons (Fsp3) is 0.500. The van der Waals surface area contributed by atoms with Gasteiger partial charge in [0, 0.05) is 27.2 Å². The molecule has 0 heterocycles. The van der Waals surface area contributed by atoms with Gasteiger partial charge in [-0.05, 0) is 12.0 Å². The maximum absolute atomic E-state index is 12.0. The maximum atomic E-state index is 12.0. The summed E-state index contributed by atoms with van der Waals surface area (Å²) in [5, 5.41) is 0. The van der Waals surface area contributed by atoms with Crippen LogP contribution in [0.3, 0.4) is 0 Å². The average Bonchev–Trinajstić information content (AvgIpc) is 2.36. The topological polar surface area (TPSA) is 23.6 Å². The van der Waals surface area contributed by atoms with Crippen LogP contribution in [0, 0.1) is 0 Å². The predicted octanol–water partition coefficient (Wildman–Crippen LogP) is 2.97. The highest BCUT2D eigenvalue weighted by Crippen LogP contribution is 2.05. The lowest BCUT2D eigenvalue weighted by molar-refractivity contribution is 0.170. The molecule has 17 heavy (non-hydrogen) atoms. The van der Waals surface area contributed by atoms with Gasteiger partial charge >= 0.3 is 6.03 Å². The molecule has 0 bridgehead atoms. The van der Waals surface area contributed by atoms with Crippen molar-refractivity contribution in [3.8, 4) is 0 Å². The van der Waals surface area contributed by atoms with Gasteiger partial charge in [-0.1, -0.05) is 43.7 Å². The Hall–Kier alpha value is -1.51. The van der Waals surface area contributed by atoms with E-state index < -0.39 is 0 Å². The first-order chi connectivity index (χ1) is 8.15. The Morgan fingerprint density at radius 3 is 2.35 bits per heavy atom. The van der Waals surface area contributed by atoms with Gasteiger partial charge in [0.25, 0.3) is 0 Å². The molecular formula is C14H22N2O. The minimum absolute atomic E-state index is 0.0855. The fourth-order valence-corrected chi connectivity index (χ4v) is 1.71. The van der Waals surface area contributed by atoms with Crippen molar-refractivity contribution in [1.29, 1.82) is 0 Å². The second-order valence-electron chi connectivity index (χ2n) is 4.40. The summed E-state index contributed by atoms with van der Waals surface area (Å²) in [6, 6.07) is 10.1. The molecule has 0 saturated carbocycles. The van der Waals surface area contributed by atoms with E-state index in [-0.39, 0.29) is 6.03 Å². The van der Waals surface area contributed by atoms with Gasteiger partial charge in [-0.25, -0.2) is 4.79 Å². The second-order valence-corrected chi connectivity index (χ2v) is 4.40. The summed E-state index contributed by atoms with van der Waals surface area (Å²) < 4.78 is 0. The molecule has 0 fully saturated rings. The van der Waals surface area contributed by atoms with E-state index in [1.807, 2.05) is 44.4 Å². The molecule has 0 N–H and O–H groups in total. The fourth-order valence-electron chi connectivity index (χ4n) is 1.71. The van der Waals surface area contributed by atoms with Gasteiger partial charge in [-0.15, -0.1) is 0 Å². The zero-order chi connectivity index (χ0) is 12.7. The summed E-state index contributed by atoms with van der Waals surface area (Å²) in [5.41, 5.74) is 1.16. The first-order valence-electron chi connectivity index (χ1n) is 6.15. The highest BCUT2D eigenvalue weighted by molar-refractivity contribution is 5.73. The van der Waals surface area contributed by atoms with E-state index in [0.717, 1.165) is 24.9 Å². The van der Waals surface area contributed by atoms with Crippen molar-refractivity contribution in [3.63, 3.8) is 0 Å². The molecule has 1 rings (SSSR count). The largest absolute Gasteiger partial charge is 0.328 e. The van der Waals surface area contributed by atoms with Gasteiger partial charge in [0.15, 0.2) is 0 Å². The molecule has 1 aromatic rings. The molecule has 0 atom stereocenters. The quantitative estimate of drug-likeness (QED) is 0.768. The number of rotatable bonds is 5. The van der Waals surface area contributed by atoms with Crippen LogP contribution < -0.4 is 0 Å². The van der Waals surface area contributed by atoms with Gasteiger partial charge in [0.05, 0.1) is 0 Å². The first-order valence-corrected chi connectivity index (χ1v) is 6.15. The van der Waals surface area contributed by atoms with Crippen LogP contribution in [-0.4, -0.2) is 36.5 Å². The molecule has 0 saturated heterocycles. The van der Waals surface area contributed by atoms with Crippen molar-refractivity contribution in [3.05, 3.63) is 35.9 Å². The molecule has 0 spiro atoms. The Morgan fingerprint density at radius 1 is 1.12 bits per heavy atom. The van der Waals surface area contributed by atoms with Crippen molar-refractivity contribution in [2.75, 3.05) is 20.6 Å². The van der Waals surface area contributed by atoms with Gasteiger partial charge in [-0.3, -0.25) is 0 Å². The van der Waals surface area contributed by atoms with E-state index in [1.54, 1.807) is 9.80 Å². The van der Waals surface area contributed by atoms with Gasteiger partial charge in [0.1, 0.15) is 0 Å². The second kappa shape index (κ2) is 6.94. The molecule has 0 aromatic heterocycles. The Bertz CT molecular complexity index is 337. The molecule has 0 aliphatic rings. The van der Waals surface area contributed by atoms with E-state index in [0.29, 0.717) is 6.54 Å². The van der Waals surface area contributed by atoms with E-state index in [2.05, 4.69) is 6.92 Å². The smallest absolute Gasteiger partial charge is 0.319 e. The normalized spacial score (nSPS) is 10.1. The highest BCUT2D eigenvalue weighted by Gasteiger charge is 2.13. The number of benzene rings is 1. The minimum Gasteiger partial charge on any atom is -0.328 e. The minimum atomic E-state index is 0.0855. The summed E-state index contributed by atoms with van der Waals surface area (Å²) in [5.74, 6) is 0.